The van der Waals surface area contributed by atoms with Crippen molar-refractivity contribution < 1.29 is 14.3 Å². The first-order valence-corrected chi connectivity index (χ1v) is 13.7. The molecule has 0 radical (unpaired) electrons. The molecule has 180 valence electrons. The normalized spacial score (nSPS) is 19.7. The van der Waals surface area contributed by atoms with Gasteiger partial charge in [0, 0.05) is 48.8 Å². The van der Waals surface area contributed by atoms with Gasteiger partial charge in [-0.15, -0.1) is 23.1 Å². The maximum atomic E-state index is 13.4. The summed E-state index contributed by atoms with van der Waals surface area (Å²) in [5, 5.41) is 4.12. The molecule has 2 aliphatic rings. The van der Waals surface area contributed by atoms with E-state index >= 15 is 0 Å². The molecule has 0 fully saturated rings. The van der Waals surface area contributed by atoms with Gasteiger partial charge in [-0.05, 0) is 68.5 Å². The van der Waals surface area contributed by atoms with Crippen molar-refractivity contribution in [3.05, 3.63) is 73.2 Å². The summed E-state index contributed by atoms with van der Waals surface area (Å²) in [7, 11) is 0. The quantitative estimate of drug-likeness (QED) is 0.326. The Morgan fingerprint density at radius 3 is 2.62 bits per heavy atom. The lowest BCUT2D eigenvalue weighted by Gasteiger charge is -2.39. The summed E-state index contributed by atoms with van der Waals surface area (Å²) >= 11 is 9.43. The number of ketones is 1. The van der Waals surface area contributed by atoms with Crippen molar-refractivity contribution in [3.63, 3.8) is 0 Å². The lowest BCUT2D eigenvalue weighted by atomic mass is 9.70. The van der Waals surface area contributed by atoms with Crippen molar-refractivity contribution in [2.45, 2.75) is 64.0 Å². The van der Waals surface area contributed by atoms with Gasteiger partial charge in [0.25, 0.3) is 0 Å². The molecule has 1 unspecified atom stereocenters. The molecule has 1 aromatic heterocycles. The molecule has 0 spiro atoms. The summed E-state index contributed by atoms with van der Waals surface area (Å²) in [5.74, 6) is 0.169. The molecule has 7 heteroatoms. The number of Topliss-reactive ketones (excluding diaryl/α,β-unsaturated/α-hetero) is 1. The minimum absolute atomic E-state index is 0.110. The van der Waals surface area contributed by atoms with Crippen molar-refractivity contribution in [1.29, 1.82) is 0 Å². The lowest BCUT2D eigenvalue weighted by molar-refractivity contribution is -0.138. The first kappa shape index (κ1) is 25.1. The second-order valence-corrected chi connectivity index (χ2v) is 12.4. The maximum absolute atomic E-state index is 13.4. The van der Waals surface area contributed by atoms with Crippen LogP contribution in [-0.4, -0.2) is 18.4 Å². The Labute approximate surface area is 214 Å². The van der Waals surface area contributed by atoms with Crippen molar-refractivity contribution in [1.82, 2.24) is 5.32 Å². The van der Waals surface area contributed by atoms with E-state index in [1.807, 2.05) is 31.2 Å². The van der Waals surface area contributed by atoms with Crippen LogP contribution < -0.4 is 5.32 Å². The van der Waals surface area contributed by atoms with Gasteiger partial charge in [0.15, 0.2) is 5.78 Å². The van der Waals surface area contributed by atoms with Crippen molar-refractivity contribution in [2.24, 2.45) is 5.41 Å². The molecule has 4 rings (SSSR count). The summed E-state index contributed by atoms with van der Waals surface area (Å²) in [6, 6.07) is 10.0. The molecule has 34 heavy (non-hydrogen) atoms. The number of esters is 1. The topological polar surface area (TPSA) is 55.4 Å². The Hall–Kier alpha value is -2.02. The van der Waals surface area contributed by atoms with Gasteiger partial charge in [0.1, 0.15) is 0 Å². The van der Waals surface area contributed by atoms with Crippen molar-refractivity contribution >= 4 is 46.5 Å². The van der Waals surface area contributed by atoms with Crippen LogP contribution in [0.1, 0.15) is 61.8 Å². The number of nitrogens with one attached hydrogen (secondary N) is 1. The van der Waals surface area contributed by atoms with Crippen LogP contribution in [0.5, 0.6) is 0 Å². The second-order valence-electron chi connectivity index (χ2n) is 9.62. The Kier molecular flexibility index (Phi) is 7.32. The minimum Gasteiger partial charge on any atom is -0.463 e. The number of carbonyl (C=O) groups is 2. The zero-order valence-corrected chi connectivity index (χ0v) is 22.6. The number of thiophene rings is 1. The predicted molar refractivity (Wildman–Crippen MR) is 140 cm³/mol. The first-order valence-electron chi connectivity index (χ1n) is 11.5. The summed E-state index contributed by atoms with van der Waals surface area (Å²) in [4.78, 5) is 29.8. The fraction of sp³-hybridized carbons (Fsp3) is 0.407. The fourth-order valence-electron chi connectivity index (χ4n) is 4.72. The molecular weight excluding hydrogens is 486 g/mol. The van der Waals surface area contributed by atoms with Crippen LogP contribution >= 0.6 is 34.7 Å². The van der Waals surface area contributed by atoms with Crippen LogP contribution in [0.25, 0.3) is 0 Å². The smallest absolute Gasteiger partial charge is 0.336 e. The lowest BCUT2D eigenvalue weighted by Crippen LogP contribution is -2.38. The standard InChI is InChI=1S/C27H30ClNO3S2/c1-6-32-26(31)23-15(2)29-20-12-27(4,5)13-21(30)24(20)25(23)22-11-17(16(3)34-22)14-33-19-9-7-18(28)8-10-19/h7-11,25,29H,6,12-14H2,1-5H3. The third-order valence-corrected chi connectivity index (χ3v) is 8.74. The second kappa shape index (κ2) is 9.92. The number of dihydropyridines is 1. The van der Waals surface area contributed by atoms with E-state index in [1.165, 1.54) is 10.4 Å². The van der Waals surface area contributed by atoms with Gasteiger partial charge in [-0.3, -0.25) is 4.79 Å². The number of hydrogen-bond donors (Lipinski definition) is 1. The number of rotatable bonds is 6. The molecule has 0 amide bonds. The Morgan fingerprint density at radius 1 is 1.24 bits per heavy atom. The SMILES string of the molecule is CCOC(=O)C1=C(C)NC2=C(C(=O)CC(C)(C)C2)C1c1cc(CSc2ccc(Cl)cc2)c(C)s1. The molecule has 0 bridgehead atoms. The van der Waals surface area contributed by atoms with Gasteiger partial charge in [0.2, 0.25) is 0 Å². The zero-order valence-electron chi connectivity index (χ0n) is 20.2. The summed E-state index contributed by atoms with van der Waals surface area (Å²) in [5.41, 5.74) is 4.10. The van der Waals surface area contributed by atoms with Crippen LogP contribution in [-0.2, 0) is 20.1 Å². The van der Waals surface area contributed by atoms with E-state index in [0.717, 1.165) is 43.9 Å². The van der Waals surface area contributed by atoms with E-state index < -0.39 is 5.92 Å². The molecule has 1 aliphatic carbocycles. The molecular formula is C27H30ClNO3S2. The van der Waals surface area contributed by atoms with Crippen molar-refractivity contribution in [3.8, 4) is 0 Å². The summed E-state index contributed by atoms with van der Waals surface area (Å²) in [6.07, 6.45) is 1.25. The number of hydrogen-bond acceptors (Lipinski definition) is 6. The van der Waals surface area contributed by atoms with Gasteiger partial charge in [0.05, 0.1) is 18.1 Å². The number of aryl methyl sites for hydroxylation is 1. The Bertz CT molecular complexity index is 1190. The molecule has 4 nitrogen and oxygen atoms in total. The predicted octanol–water partition coefficient (Wildman–Crippen LogP) is 7.17. The van der Waals surface area contributed by atoms with Crippen LogP contribution in [0.15, 0.2) is 57.8 Å². The maximum Gasteiger partial charge on any atom is 0.336 e. The molecule has 0 saturated heterocycles. The Morgan fingerprint density at radius 2 is 1.94 bits per heavy atom. The van der Waals surface area contributed by atoms with Crippen LogP contribution in [0.4, 0.5) is 0 Å². The minimum atomic E-state index is -0.392. The highest BCUT2D eigenvalue weighted by Gasteiger charge is 2.43. The molecule has 1 aliphatic heterocycles. The molecule has 1 N–H and O–H groups in total. The zero-order chi connectivity index (χ0) is 24.6. The van der Waals surface area contributed by atoms with E-state index in [4.69, 9.17) is 16.3 Å². The highest BCUT2D eigenvalue weighted by molar-refractivity contribution is 7.98. The Balaban J connectivity index is 1.72. The van der Waals surface area contributed by atoms with Gasteiger partial charge >= 0.3 is 5.97 Å². The number of allylic oxidation sites excluding steroid dienone is 3. The van der Waals surface area contributed by atoms with Gasteiger partial charge in [-0.2, -0.15) is 0 Å². The molecule has 1 atom stereocenters. The van der Waals surface area contributed by atoms with Gasteiger partial charge in [-0.1, -0.05) is 25.4 Å². The molecule has 2 heterocycles. The number of thioether (sulfide) groups is 1. The average molecular weight is 516 g/mol. The molecule has 2 aromatic rings. The van der Waals surface area contributed by atoms with E-state index in [0.29, 0.717) is 18.6 Å². The highest BCUT2D eigenvalue weighted by Crippen LogP contribution is 2.48. The van der Waals surface area contributed by atoms with Gasteiger partial charge < -0.3 is 10.1 Å². The van der Waals surface area contributed by atoms with Crippen LogP contribution in [0, 0.1) is 12.3 Å². The van der Waals surface area contributed by atoms with E-state index in [9.17, 15) is 9.59 Å². The first-order chi connectivity index (χ1) is 16.1. The van der Waals surface area contributed by atoms with Crippen molar-refractivity contribution in [2.75, 3.05) is 6.61 Å². The van der Waals surface area contributed by atoms with Crippen LogP contribution in [0.3, 0.4) is 0 Å². The average Bonchev–Trinajstić information content (AvgIpc) is 3.11. The third-order valence-electron chi connectivity index (χ3n) is 6.27. The molecule has 0 saturated carbocycles. The number of benzene rings is 1. The monoisotopic (exact) mass is 515 g/mol. The van der Waals surface area contributed by atoms with E-state index in [2.05, 4.69) is 32.2 Å². The fourth-order valence-corrected chi connectivity index (χ4v) is 7.06. The van der Waals surface area contributed by atoms with E-state index in [-0.39, 0.29) is 17.2 Å². The highest BCUT2D eigenvalue weighted by atomic mass is 35.5. The largest absolute Gasteiger partial charge is 0.463 e. The summed E-state index contributed by atoms with van der Waals surface area (Å²) in [6.45, 7) is 10.3. The summed E-state index contributed by atoms with van der Waals surface area (Å²) < 4.78 is 5.43. The number of ether oxygens (including phenoxy) is 1. The number of carbonyl (C=O) groups excluding carboxylic acids is 2. The van der Waals surface area contributed by atoms with Crippen LogP contribution in [0.2, 0.25) is 5.02 Å². The van der Waals surface area contributed by atoms with E-state index in [1.54, 1.807) is 30.0 Å². The van der Waals surface area contributed by atoms with Gasteiger partial charge in [-0.25, -0.2) is 4.79 Å². The number of halogens is 1. The third kappa shape index (κ3) is 5.14. The molecule has 1 aromatic carbocycles.